The molecule has 228 valence electrons. The van der Waals surface area contributed by atoms with E-state index in [-0.39, 0.29) is 42.6 Å². The van der Waals surface area contributed by atoms with Crippen molar-refractivity contribution in [3.05, 3.63) is 65.4 Å². The van der Waals surface area contributed by atoms with Crippen LogP contribution in [0.15, 0.2) is 47.4 Å². The van der Waals surface area contributed by atoms with Crippen molar-refractivity contribution in [2.24, 2.45) is 0 Å². The summed E-state index contributed by atoms with van der Waals surface area (Å²) < 4.78 is 43.0. The van der Waals surface area contributed by atoms with E-state index in [1.807, 2.05) is 0 Å². The molecule has 0 saturated heterocycles. The number of nitrogens with zero attached hydrogens (tertiary/aromatic N) is 1. The molecule has 0 aliphatic carbocycles. The molecule has 3 atom stereocenters. The van der Waals surface area contributed by atoms with E-state index in [1.165, 1.54) is 4.90 Å². The van der Waals surface area contributed by atoms with Gasteiger partial charge in [0.1, 0.15) is 28.7 Å². The van der Waals surface area contributed by atoms with Gasteiger partial charge in [-0.1, -0.05) is 18.7 Å². The number of rotatable bonds is 9. The Hall–Kier alpha value is -3.92. The Labute approximate surface area is 249 Å². The molecule has 2 aromatic carbocycles. The molecule has 11 nitrogen and oxygen atoms in total. The molecular weight excluding hydrogens is 575 g/mol. The van der Waals surface area contributed by atoms with Gasteiger partial charge in [0, 0.05) is 23.7 Å². The molecule has 0 radical (unpaired) electrons. The van der Waals surface area contributed by atoms with Gasteiger partial charge in [-0.3, -0.25) is 18.9 Å². The number of para-hydroxylation sites is 1. The molecular formula is C31H35N2O9P. The molecule has 1 amide bonds. The minimum atomic E-state index is -4.28. The summed E-state index contributed by atoms with van der Waals surface area (Å²) >= 11 is 0. The fourth-order valence-corrected chi connectivity index (χ4v) is 7.78. The van der Waals surface area contributed by atoms with Gasteiger partial charge in [-0.2, -0.15) is 0 Å². The van der Waals surface area contributed by atoms with Crippen molar-refractivity contribution in [3.63, 3.8) is 0 Å². The number of hydrogen-bond acceptors (Lipinski definition) is 10. The van der Waals surface area contributed by atoms with Crippen molar-refractivity contribution < 1.29 is 41.9 Å². The largest absolute Gasteiger partial charge is 0.465 e. The number of nitrogens with one attached hydrogen (secondary N) is 1. The van der Waals surface area contributed by atoms with E-state index in [0.29, 0.717) is 33.5 Å². The van der Waals surface area contributed by atoms with Crippen LogP contribution in [0.2, 0.25) is 0 Å². The Morgan fingerprint density at radius 2 is 1.79 bits per heavy atom. The summed E-state index contributed by atoms with van der Waals surface area (Å²) in [6.07, 6.45) is 0. The van der Waals surface area contributed by atoms with E-state index in [0.717, 1.165) is 0 Å². The minimum Gasteiger partial charge on any atom is -0.465 e. The first-order valence-corrected chi connectivity index (χ1v) is 15.7. The highest BCUT2D eigenvalue weighted by Crippen LogP contribution is 2.62. The summed E-state index contributed by atoms with van der Waals surface area (Å²) in [5.41, 5.74) is -0.537. The third-order valence-corrected chi connectivity index (χ3v) is 10.2. The van der Waals surface area contributed by atoms with Crippen LogP contribution in [0, 0.1) is 0 Å². The number of amides is 1. The molecule has 0 bridgehead atoms. The van der Waals surface area contributed by atoms with E-state index in [4.69, 9.17) is 22.9 Å². The quantitative estimate of drug-likeness (QED) is 0.174. The van der Waals surface area contributed by atoms with Crippen molar-refractivity contribution in [2.75, 3.05) is 32.2 Å². The van der Waals surface area contributed by atoms with Gasteiger partial charge in [-0.15, -0.1) is 0 Å². The maximum atomic E-state index is 14.2. The van der Waals surface area contributed by atoms with Gasteiger partial charge in [-0.05, 0) is 64.5 Å². The minimum absolute atomic E-state index is 0.00863. The fraction of sp³-hybridized carbons (Fsp3) is 0.387. The van der Waals surface area contributed by atoms with Gasteiger partial charge in [0.15, 0.2) is 5.66 Å². The summed E-state index contributed by atoms with van der Waals surface area (Å²) in [5, 5.41) is 3.97. The number of furan rings is 1. The highest BCUT2D eigenvalue weighted by Gasteiger charge is 2.57. The maximum absolute atomic E-state index is 14.2. The van der Waals surface area contributed by atoms with Crippen molar-refractivity contribution in [1.82, 2.24) is 4.90 Å². The standard InChI is InChI=1S/C31H35N2O9P/c1-8-38-29(35)24-23-25-18(16-22(41-25)17(4)5)15-20(26(23)42-30(36)27(24)43(37,39-9-2)40-10-3)31(6)32-21-14-12-11-13-19(21)28(34)33(31)7/h11-16,24,27,32H,4,8-10H2,1-3,5-7H3/t24-,27+,31?/m0/s1. The summed E-state index contributed by atoms with van der Waals surface area (Å²) in [6, 6.07) is 10.6. The van der Waals surface area contributed by atoms with E-state index in [1.54, 1.807) is 78.1 Å². The van der Waals surface area contributed by atoms with Gasteiger partial charge in [-0.25, -0.2) is 0 Å². The normalized spacial score (nSPS) is 21.6. The first-order valence-electron chi connectivity index (χ1n) is 14.1. The fourth-order valence-electron chi connectivity index (χ4n) is 5.72. The van der Waals surface area contributed by atoms with Gasteiger partial charge in [0.05, 0.1) is 30.9 Å². The number of benzene rings is 2. The summed E-state index contributed by atoms with van der Waals surface area (Å²) in [7, 11) is -2.65. The topological polar surface area (TPSA) is 134 Å². The molecule has 1 unspecified atom stereocenters. The van der Waals surface area contributed by atoms with Crippen LogP contribution in [0.25, 0.3) is 16.5 Å². The number of carbonyl (C=O) groups excluding carboxylic acids is 3. The Morgan fingerprint density at radius 3 is 2.42 bits per heavy atom. The number of hydrogen-bond donors (Lipinski definition) is 1. The van der Waals surface area contributed by atoms with Crippen LogP contribution in [0.3, 0.4) is 0 Å². The highest BCUT2D eigenvalue weighted by atomic mass is 31.2. The van der Waals surface area contributed by atoms with Crippen LogP contribution in [0.4, 0.5) is 5.69 Å². The second-order valence-electron chi connectivity index (χ2n) is 10.6. The van der Waals surface area contributed by atoms with E-state index < -0.39 is 36.8 Å². The molecule has 2 aliphatic rings. The Kier molecular flexibility index (Phi) is 8.02. The first kappa shape index (κ1) is 30.5. The summed E-state index contributed by atoms with van der Waals surface area (Å²) in [4.78, 5) is 42.8. The van der Waals surface area contributed by atoms with E-state index in [9.17, 15) is 18.9 Å². The highest BCUT2D eigenvalue weighted by molar-refractivity contribution is 7.55. The Morgan fingerprint density at radius 1 is 1.12 bits per heavy atom. The number of esters is 2. The molecule has 2 aliphatic heterocycles. The maximum Gasteiger partial charge on any atom is 0.346 e. The predicted molar refractivity (Wildman–Crippen MR) is 160 cm³/mol. The molecule has 5 rings (SSSR count). The first-order chi connectivity index (χ1) is 20.4. The molecule has 1 N–H and O–H groups in total. The van der Waals surface area contributed by atoms with Crippen LogP contribution in [0.5, 0.6) is 5.75 Å². The molecule has 3 aromatic rings. The van der Waals surface area contributed by atoms with Crippen LogP contribution in [-0.4, -0.2) is 55.3 Å². The monoisotopic (exact) mass is 610 g/mol. The van der Waals surface area contributed by atoms with Crippen LogP contribution in [-0.2, 0) is 33.6 Å². The third kappa shape index (κ3) is 4.85. The lowest BCUT2D eigenvalue weighted by Crippen LogP contribution is -2.54. The van der Waals surface area contributed by atoms with Gasteiger partial charge >= 0.3 is 19.5 Å². The lowest BCUT2D eigenvalue weighted by Gasteiger charge is -2.46. The van der Waals surface area contributed by atoms with Crippen molar-refractivity contribution >= 4 is 47.7 Å². The van der Waals surface area contributed by atoms with E-state index >= 15 is 0 Å². The Balaban J connectivity index is 1.86. The summed E-state index contributed by atoms with van der Waals surface area (Å²) in [6.45, 7) is 12.3. The molecule has 43 heavy (non-hydrogen) atoms. The smallest absolute Gasteiger partial charge is 0.346 e. The van der Waals surface area contributed by atoms with Crippen molar-refractivity contribution in [1.29, 1.82) is 0 Å². The average molecular weight is 611 g/mol. The van der Waals surface area contributed by atoms with Crippen LogP contribution in [0.1, 0.15) is 67.8 Å². The molecule has 0 spiro atoms. The molecule has 1 aromatic heterocycles. The van der Waals surface area contributed by atoms with E-state index in [2.05, 4.69) is 11.9 Å². The van der Waals surface area contributed by atoms with Crippen molar-refractivity contribution in [2.45, 2.75) is 51.9 Å². The average Bonchev–Trinajstić information content (AvgIpc) is 3.40. The Bertz CT molecular complexity index is 1690. The van der Waals surface area contributed by atoms with Gasteiger partial charge in [0.2, 0.25) is 0 Å². The SMILES string of the molecule is C=C(C)c1cc2cc(C3(C)Nc4ccccc4C(=O)N3C)c3c(c2o1)[C@H](C(=O)OCC)[C@@H](P(=O)(OCC)OCC)C(=O)O3. The number of fused-ring (bicyclic) bond motifs is 4. The number of ether oxygens (including phenoxy) is 2. The van der Waals surface area contributed by atoms with Gasteiger partial charge < -0.3 is 33.2 Å². The zero-order valence-corrected chi connectivity index (χ0v) is 25.9. The zero-order chi connectivity index (χ0) is 31.3. The van der Waals surface area contributed by atoms with Gasteiger partial charge in [0.25, 0.3) is 5.91 Å². The molecule has 0 saturated carbocycles. The van der Waals surface area contributed by atoms with Crippen LogP contribution >= 0.6 is 7.60 Å². The number of anilines is 1. The third-order valence-electron chi connectivity index (χ3n) is 7.82. The molecule has 0 fully saturated rings. The lowest BCUT2D eigenvalue weighted by molar-refractivity contribution is -0.150. The summed E-state index contributed by atoms with van der Waals surface area (Å²) in [5.74, 6) is -3.14. The van der Waals surface area contributed by atoms with Crippen molar-refractivity contribution in [3.8, 4) is 5.75 Å². The second kappa shape index (κ2) is 11.3. The predicted octanol–water partition coefficient (Wildman–Crippen LogP) is 6.04. The molecule has 12 heteroatoms. The number of carbonyl (C=O) groups is 3. The number of allylic oxidation sites excluding steroid dienone is 1. The lowest BCUT2D eigenvalue weighted by atomic mass is 9.84. The van der Waals surface area contributed by atoms with Crippen LogP contribution < -0.4 is 10.1 Å². The zero-order valence-electron chi connectivity index (χ0n) is 25.0. The molecule has 3 heterocycles. The second-order valence-corrected chi connectivity index (χ2v) is 12.7.